The zero-order valence-corrected chi connectivity index (χ0v) is 17.1. The Bertz CT molecular complexity index is 908. The van der Waals surface area contributed by atoms with Gasteiger partial charge in [0.2, 0.25) is 0 Å². The molecule has 28 heavy (non-hydrogen) atoms. The molecule has 0 radical (unpaired) electrons. The lowest BCUT2D eigenvalue weighted by Crippen LogP contribution is -2.28. The number of aliphatic carboxylic acids is 1. The van der Waals surface area contributed by atoms with E-state index >= 15 is 0 Å². The number of aromatic hydroxyl groups is 1. The molecular weight excluding hydrogens is 356 g/mol. The molecule has 0 spiro atoms. The van der Waals surface area contributed by atoms with Gasteiger partial charge in [0.1, 0.15) is 11.5 Å². The third-order valence-corrected chi connectivity index (χ3v) is 5.05. The summed E-state index contributed by atoms with van der Waals surface area (Å²) in [5.41, 5.74) is 4.03. The molecule has 0 aromatic heterocycles. The molecule has 0 bridgehead atoms. The number of hydrogen-bond acceptors (Lipinski definition) is 4. The van der Waals surface area contributed by atoms with Gasteiger partial charge in [0.05, 0.1) is 12.2 Å². The zero-order chi connectivity index (χ0) is 20.6. The summed E-state index contributed by atoms with van der Waals surface area (Å²) in [6.45, 7) is 10.0. The number of fused-ring (bicyclic) bond motifs is 1. The van der Waals surface area contributed by atoms with Gasteiger partial charge in [-0.15, -0.1) is 0 Å². The topological polar surface area (TPSA) is 76.0 Å². The summed E-state index contributed by atoms with van der Waals surface area (Å²) in [7, 11) is 0. The molecule has 1 atom stereocenters. The quantitative estimate of drug-likeness (QED) is 0.781. The van der Waals surface area contributed by atoms with E-state index in [1.807, 2.05) is 46.8 Å². The van der Waals surface area contributed by atoms with Crippen molar-refractivity contribution < 1.29 is 24.5 Å². The highest BCUT2D eigenvalue weighted by Gasteiger charge is 2.32. The first-order valence-electron chi connectivity index (χ1n) is 9.59. The summed E-state index contributed by atoms with van der Waals surface area (Å²) in [6, 6.07) is 7.14. The van der Waals surface area contributed by atoms with E-state index < -0.39 is 17.7 Å². The molecule has 2 aromatic carbocycles. The molecule has 3 rings (SSSR count). The maximum atomic E-state index is 12.1. The van der Waals surface area contributed by atoms with E-state index in [-0.39, 0.29) is 5.75 Å². The predicted octanol–water partition coefficient (Wildman–Crippen LogP) is 4.94. The van der Waals surface area contributed by atoms with E-state index in [0.717, 1.165) is 40.8 Å². The molecule has 0 saturated carbocycles. The van der Waals surface area contributed by atoms with Crippen molar-refractivity contribution in [1.29, 1.82) is 0 Å². The van der Waals surface area contributed by atoms with Gasteiger partial charge >= 0.3 is 5.97 Å². The summed E-state index contributed by atoms with van der Waals surface area (Å²) in [6.07, 6.45) is 0.654. The summed E-state index contributed by atoms with van der Waals surface area (Å²) >= 11 is 0. The fourth-order valence-corrected chi connectivity index (χ4v) is 3.80. The molecule has 150 valence electrons. The van der Waals surface area contributed by atoms with E-state index in [1.165, 1.54) is 0 Å². The Labute approximate surface area is 165 Å². The van der Waals surface area contributed by atoms with Gasteiger partial charge in [-0.1, -0.05) is 12.1 Å². The first kappa shape index (κ1) is 20.2. The van der Waals surface area contributed by atoms with Crippen molar-refractivity contribution in [3.05, 3.63) is 46.5 Å². The first-order chi connectivity index (χ1) is 13.1. The Hall–Kier alpha value is -2.53. The molecule has 1 unspecified atom stereocenters. The zero-order valence-electron chi connectivity index (χ0n) is 17.1. The van der Waals surface area contributed by atoms with Crippen molar-refractivity contribution in [1.82, 2.24) is 0 Å². The van der Waals surface area contributed by atoms with E-state index in [4.69, 9.17) is 9.47 Å². The molecule has 2 N–H and O–H groups in total. The lowest BCUT2D eigenvalue weighted by Gasteiger charge is -2.29. The Morgan fingerprint density at radius 2 is 1.89 bits per heavy atom. The standard InChI is InChI=1S/C23H28O5/c1-13-8-10-17(24)20(19(13)21(22(25)26)28-23(3,4)5)16-9-11-18-15(14(16)2)7-6-12-27-18/h8-11,21,24H,6-7,12H2,1-5H3,(H,25,26). The summed E-state index contributed by atoms with van der Waals surface area (Å²) < 4.78 is 11.7. The van der Waals surface area contributed by atoms with Gasteiger partial charge in [-0.2, -0.15) is 0 Å². The third-order valence-electron chi connectivity index (χ3n) is 5.05. The maximum Gasteiger partial charge on any atom is 0.337 e. The van der Waals surface area contributed by atoms with Gasteiger partial charge in [-0.25, -0.2) is 4.79 Å². The Morgan fingerprint density at radius 3 is 2.54 bits per heavy atom. The number of hydrogen-bond donors (Lipinski definition) is 2. The van der Waals surface area contributed by atoms with Crippen molar-refractivity contribution in [3.8, 4) is 22.6 Å². The van der Waals surface area contributed by atoms with Gasteiger partial charge in [-0.05, 0) is 81.8 Å². The van der Waals surface area contributed by atoms with Crippen LogP contribution in [0.25, 0.3) is 11.1 Å². The summed E-state index contributed by atoms with van der Waals surface area (Å²) in [4.78, 5) is 12.1. The molecule has 0 aliphatic carbocycles. The Balaban J connectivity index is 2.25. The Kier molecular flexibility index (Phi) is 5.39. The number of phenols is 1. The molecule has 5 nitrogen and oxygen atoms in total. The second-order valence-electron chi connectivity index (χ2n) is 8.31. The molecular formula is C23H28O5. The van der Waals surface area contributed by atoms with Crippen LogP contribution in [0.4, 0.5) is 0 Å². The molecule has 2 aromatic rings. The highest BCUT2D eigenvalue weighted by atomic mass is 16.5. The average molecular weight is 384 g/mol. The fraction of sp³-hybridized carbons (Fsp3) is 0.435. The van der Waals surface area contributed by atoms with Crippen LogP contribution in [0.1, 0.15) is 55.5 Å². The summed E-state index contributed by atoms with van der Waals surface area (Å²) in [5, 5.41) is 20.7. The van der Waals surface area contributed by atoms with Crippen LogP contribution >= 0.6 is 0 Å². The Morgan fingerprint density at radius 1 is 1.18 bits per heavy atom. The van der Waals surface area contributed by atoms with Gasteiger partial charge < -0.3 is 19.7 Å². The number of carboxylic acid groups (broad SMARTS) is 1. The van der Waals surface area contributed by atoms with Crippen LogP contribution in [0.15, 0.2) is 24.3 Å². The van der Waals surface area contributed by atoms with Crippen LogP contribution in [-0.2, 0) is 16.0 Å². The van der Waals surface area contributed by atoms with Gasteiger partial charge in [0.15, 0.2) is 6.10 Å². The minimum atomic E-state index is -1.19. The van der Waals surface area contributed by atoms with Crippen LogP contribution in [0.5, 0.6) is 11.5 Å². The number of aryl methyl sites for hydroxylation is 1. The number of ether oxygens (including phenoxy) is 2. The number of phenolic OH excluding ortho intramolecular Hbond substituents is 1. The van der Waals surface area contributed by atoms with Crippen molar-refractivity contribution in [2.24, 2.45) is 0 Å². The average Bonchev–Trinajstić information content (AvgIpc) is 2.62. The highest BCUT2D eigenvalue weighted by molar-refractivity contribution is 5.85. The lowest BCUT2D eigenvalue weighted by molar-refractivity contribution is -0.160. The first-order valence-corrected chi connectivity index (χ1v) is 9.59. The van der Waals surface area contributed by atoms with Crippen molar-refractivity contribution in [2.75, 3.05) is 6.61 Å². The minimum Gasteiger partial charge on any atom is -0.507 e. The van der Waals surface area contributed by atoms with Crippen LogP contribution in [0, 0.1) is 13.8 Å². The van der Waals surface area contributed by atoms with Crippen molar-refractivity contribution in [3.63, 3.8) is 0 Å². The molecule has 0 fully saturated rings. The van der Waals surface area contributed by atoms with Crippen LogP contribution in [0.3, 0.4) is 0 Å². The van der Waals surface area contributed by atoms with Gasteiger partial charge in [0, 0.05) is 11.1 Å². The predicted molar refractivity (Wildman–Crippen MR) is 108 cm³/mol. The summed E-state index contributed by atoms with van der Waals surface area (Å²) in [5.74, 6) is -0.171. The fourth-order valence-electron chi connectivity index (χ4n) is 3.80. The van der Waals surface area contributed by atoms with E-state index in [2.05, 4.69) is 0 Å². The molecule has 1 aliphatic heterocycles. The molecule has 0 amide bonds. The second-order valence-corrected chi connectivity index (χ2v) is 8.31. The molecule has 0 saturated heterocycles. The molecule has 1 heterocycles. The van der Waals surface area contributed by atoms with Crippen molar-refractivity contribution >= 4 is 5.97 Å². The van der Waals surface area contributed by atoms with E-state index in [1.54, 1.807) is 12.1 Å². The number of carbonyl (C=O) groups is 1. The lowest BCUT2D eigenvalue weighted by atomic mass is 9.86. The maximum absolute atomic E-state index is 12.1. The van der Waals surface area contributed by atoms with Crippen LogP contribution in [0.2, 0.25) is 0 Å². The number of carboxylic acids is 1. The van der Waals surface area contributed by atoms with Crippen LogP contribution in [-0.4, -0.2) is 28.4 Å². The second kappa shape index (κ2) is 7.47. The van der Waals surface area contributed by atoms with Gasteiger partial charge in [0.25, 0.3) is 0 Å². The smallest absolute Gasteiger partial charge is 0.337 e. The largest absolute Gasteiger partial charge is 0.507 e. The number of benzene rings is 2. The minimum absolute atomic E-state index is 0.0455. The van der Waals surface area contributed by atoms with E-state index in [9.17, 15) is 15.0 Å². The van der Waals surface area contributed by atoms with Crippen LogP contribution < -0.4 is 4.74 Å². The van der Waals surface area contributed by atoms with Crippen molar-refractivity contribution in [2.45, 2.75) is 59.2 Å². The molecule has 5 heteroatoms. The third kappa shape index (κ3) is 3.85. The SMILES string of the molecule is Cc1ccc(O)c(-c2ccc3c(c2C)CCCO3)c1C(OC(C)(C)C)C(=O)O. The highest BCUT2D eigenvalue weighted by Crippen LogP contribution is 2.44. The number of rotatable bonds is 4. The van der Waals surface area contributed by atoms with Gasteiger partial charge in [-0.3, -0.25) is 0 Å². The van der Waals surface area contributed by atoms with E-state index in [0.29, 0.717) is 17.7 Å². The molecule has 1 aliphatic rings. The normalized spacial score (nSPS) is 14.9. The monoisotopic (exact) mass is 384 g/mol.